The van der Waals surface area contributed by atoms with E-state index < -0.39 is 41.5 Å². The quantitative estimate of drug-likeness (QED) is 0.305. The Labute approximate surface area is 198 Å². The topological polar surface area (TPSA) is 135 Å². The van der Waals surface area contributed by atoms with Crippen LogP contribution in [0.15, 0.2) is 54.6 Å². The highest BCUT2D eigenvalue weighted by atomic mass is 16.6. The minimum absolute atomic E-state index is 0.0371. The molecule has 0 spiro atoms. The Morgan fingerprint density at radius 1 is 1.06 bits per heavy atom. The van der Waals surface area contributed by atoms with E-state index in [1.807, 2.05) is 30.3 Å². The summed E-state index contributed by atoms with van der Waals surface area (Å²) in [6, 6.07) is 10.0. The Morgan fingerprint density at radius 2 is 1.68 bits per heavy atom. The number of carbonyl (C=O) groups excluding carboxylic acids is 4. The van der Waals surface area contributed by atoms with E-state index in [1.54, 1.807) is 32.1 Å². The maximum atomic E-state index is 13.4. The summed E-state index contributed by atoms with van der Waals surface area (Å²) in [7, 11) is 0. The fourth-order valence-corrected chi connectivity index (χ4v) is 3.28. The lowest BCUT2D eigenvalue weighted by molar-refractivity contribution is -0.160. The van der Waals surface area contributed by atoms with E-state index >= 15 is 0 Å². The number of benzene rings is 1. The predicted octanol–water partition coefficient (Wildman–Crippen LogP) is 2.05. The second-order valence-electron chi connectivity index (χ2n) is 7.65. The normalized spacial score (nSPS) is 20.4. The van der Waals surface area contributed by atoms with Gasteiger partial charge in [0, 0.05) is 18.8 Å². The Hall–Kier alpha value is -3.93. The molecule has 1 aromatic rings. The molecule has 0 saturated heterocycles. The zero-order valence-electron chi connectivity index (χ0n) is 19.4. The van der Waals surface area contributed by atoms with Gasteiger partial charge in [-0.1, -0.05) is 56.3 Å². The van der Waals surface area contributed by atoms with Crippen LogP contribution in [0.5, 0.6) is 0 Å². The third-order valence-electron chi connectivity index (χ3n) is 5.20. The standard InChI is InChI=1S/C25H29N3O6/c1-4-20(29)33-17(3)22(23(31)27-16-15-26)28-24(32)25(34-21(30)5-2)13-11-19(12-14-25)18-9-7-6-8-10-18/h6-14,17,19,22H,4-5,16H2,1-3H3,(H,27,31)(H,28,32)/t17-,19?,22+,25?/m1/s1. The Kier molecular flexibility index (Phi) is 9.56. The first-order valence-electron chi connectivity index (χ1n) is 11.1. The van der Waals surface area contributed by atoms with Gasteiger partial charge in [0.05, 0.1) is 6.07 Å². The molecule has 2 N–H and O–H groups in total. The molecule has 1 aliphatic carbocycles. The summed E-state index contributed by atoms with van der Waals surface area (Å²) in [6.45, 7) is 4.35. The van der Waals surface area contributed by atoms with Crippen molar-refractivity contribution in [2.24, 2.45) is 0 Å². The van der Waals surface area contributed by atoms with Crippen molar-refractivity contribution in [2.45, 2.75) is 57.3 Å². The first-order valence-corrected chi connectivity index (χ1v) is 11.1. The summed E-state index contributed by atoms with van der Waals surface area (Å²) in [5, 5.41) is 13.7. The van der Waals surface area contributed by atoms with Crippen molar-refractivity contribution < 1.29 is 28.7 Å². The van der Waals surface area contributed by atoms with Crippen LogP contribution in [0.25, 0.3) is 0 Å². The molecule has 0 radical (unpaired) electrons. The molecule has 0 bridgehead atoms. The molecule has 2 rings (SSSR count). The zero-order chi connectivity index (χ0) is 25.1. The van der Waals surface area contributed by atoms with Crippen molar-refractivity contribution >= 4 is 23.8 Å². The van der Waals surface area contributed by atoms with Crippen LogP contribution in [0.1, 0.15) is 45.1 Å². The van der Waals surface area contributed by atoms with Crippen LogP contribution < -0.4 is 10.6 Å². The highest BCUT2D eigenvalue weighted by molar-refractivity contribution is 5.96. The number of hydrogen-bond acceptors (Lipinski definition) is 7. The Bertz CT molecular complexity index is 982. The molecule has 0 saturated carbocycles. The van der Waals surface area contributed by atoms with E-state index in [1.165, 1.54) is 19.1 Å². The molecule has 1 aromatic carbocycles. The molecule has 2 amide bonds. The van der Waals surface area contributed by atoms with Gasteiger partial charge in [0.15, 0.2) is 0 Å². The molecule has 0 heterocycles. The molecular weight excluding hydrogens is 438 g/mol. The van der Waals surface area contributed by atoms with E-state index in [0.29, 0.717) is 0 Å². The summed E-state index contributed by atoms with van der Waals surface area (Å²) in [4.78, 5) is 50.0. The predicted molar refractivity (Wildman–Crippen MR) is 123 cm³/mol. The average Bonchev–Trinajstić information content (AvgIpc) is 2.86. The van der Waals surface area contributed by atoms with E-state index in [0.717, 1.165) is 5.56 Å². The van der Waals surface area contributed by atoms with Crippen LogP contribution in [-0.2, 0) is 28.7 Å². The maximum absolute atomic E-state index is 13.4. The largest absolute Gasteiger partial charge is 0.460 e. The van der Waals surface area contributed by atoms with Gasteiger partial charge < -0.3 is 20.1 Å². The summed E-state index contributed by atoms with van der Waals surface area (Å²) in [6.07, 6.45) is 5.50. The van der Waals surface area contributed by atoms with Crippen LogP contribution in [0, 0.1) is 11.3 Å². The minimum atomic E-state index is -1.79. The van der Waals surface area contributed by atoms with Crippen LogP contribution in [0.2, 0.25) is 0 Å². The van der Waals surface area contributed by atoms with E-state index in [-0.39, 0.29) is 25.3 Å². The van der Waals surface area contributed by atoms with Gasteiger partial charge in [0.1, 0.15) is 18.7 Å². The fourth-order valence-electron chi connectivity index (χ4n) is 3.28. The van der Waals surface area contributed by atoms with Crippen LogP contribution in [0.4, 0.5) is 0 Å². The van der Waals surface area contributed by atoms with Gasteiger partial charge in [-0.15, -0.1) is 0 Å². The highest BCUT2D eigenvalue weighted by Crippen LogP contribution is 2.29. The lowest BCUT2D eigenvalue weighted by Crippen LogP contribution is -2.59. The third kappa shape index (κ3) is 6.78. The highest BCUT2D eigenvalue weighted by Gasteiger charge is 2.42. The lowest BCUT2D eigenvalue weighted by Gasteiger charge is -2.32. The van der Waals surface area contributed by atoms with E-state index in [4.69, 9.17) is 14.7 Å². The Morgan fingerprint density at radius 3 is 2.24 bits per heavy atom. The van der Waals surface area contributed by atoms with Crippen molar-refractivity contribution in [1.29, 1.82) is 5.26 Å². The first-order chi connectivity index (χ1) is 16.3. The van der Waals surface area contributed by atoms with Crippen LogP contribution in [-0.4, -0.2) is 48.0 Å². The van der Waals surface area contributed by atoms with Crippen molar-refractivity contribution in [3.05, 3.63) is 60.2 Å². The van der Waals surface area contributed by atoms with E-state index in [9.17, 15) is 19.2 Å². The van der Waals surface area contributed by atoms with Crippen molar-refractivity contribution in [3.8, 4) is 6.07 Å². The molecule has 0 fully saturated rings. The Balaban J connectivity index is 2.32. The maximum Gasteiger partial charge on any atom is 0.307 e. The van der Waals surface area contributed by atoms with Gasteiger partial charge in [0.25, 0.3) is 5.91 Å². The average molecular weight is 468 g/mol. The summed E-state index contributed by atoms with van der Waals surface area (Å²) in [5.41, 5.74) is -0.805. The van der Waals surface area contributed by atoms with Gasteiger partial charge >= 0.3 is 11.9 Å². The molecular formula is C25H29N3O6. The first kappa shape index (κ1) is 26.3. The minimum Gasteiger partial charge on any atom is -0.460 e. The third-order valence-corrected chi connectivity index (χ3v) is 5.20. The summed E-state index contributed by atoms with van der Waals surface area (Å²) < 4.78 is 10.7. The SMILES string of the molecule is CCC(=O)O[C@H](C)[C@H](NC(=O)C1(OC(=O)CC)C=CC(c2ccccc2)C=C1)C(=O)NCC#N. The molecule has 9 nitrogen and oxygen atoms in total. The van der Waals surface area contributed by atoms with E-state index in [2.05, 4.69) is 10.6 Å². The second kappa shape index (κ2) is 12.3. The number of rotatable bonds is 10. The summed E-state index contributed by atoms with van der Waals surface area (Å²) >= 11 is 0. The zero-order valence-corrected chi connectivity index (χ0v) is 19.4. The summed E-state index contributed by atoms with van der Waals surface area (Å²) in [5.74, 6) is -2.81. The number of allylic oxidation sites excluding steroid dienone is 2. The van der Waals surface area contributed by atoms with Crippen LogP contribution >= 0.6 is 0 Å². The monoisotopic (exact) mass is 467 g/mol. The molecule has 9 heteroatoms. The molecule has 0 unspecified atom stereocenters. The van der Waals surface area contributed by atoms with Gasteiger partial charge in [-0.3, -0.25) is 19.2 Å². The number of nitriles is 1. The number of ether oxygens (including phenoxy) is 2. The van der Waals surface area contributed by atoms with Crippen LogP contribution in [0.3, 0.4) is 0 Å². The fraction of sp³-hybridized carbons (Fsp3) is 0.400. The number of nitrogens with zero attached hydrogens (tertiary/aromatic N) is 1. The number of esters is 2. The molecule has 0 aliphatic heterocycles. The number of nitrogens with one attached hydrogen (secondary N) is 2. The molecule has 34 heavy (non-hydrogen) atoms. The van der Waals surface area contributed by atoms with Crippen molar-refractivity contribution in [1.82, 2.24) is 10.6 Å². The lowest BCUT2D eigenvalue weighted by atomic mass is 9.87. The van der Waals surface area contributed by atoms with Gasteiger partial charge in [-0.25, -0.2) is 0 Å². The van der Waals surface area contributed by atoms with Gasteiger partial charge in [0.2, 0.25) is 11.5 Å². The molecule has 0 aromatic heterocycles. The van der Waals surface area contributed by atoms with Crippen molar-refractivity contribution in [2.75, 3.05) is 6.54 Å². The van der Waals surface area contributed by atoms with Gasteiger partial charge in [-0.05, 0) is 24.6 Å². The number of carbonyl (C=O) groups is 4. The molecule has 180 valence electrons. The number of hydrogen-bond donors (Lipinski definition) is 2. The second-order valence-corrected chi connectivity index (χ2v) is 7.65. The molecule has 2 atom stereocenters. The number of amides is 2. The smallest absolute Gasteiger partial charge is 0.307 e. The molecule has 1 aliphatic rings. The van der Waals surface area contributed by atoms with Gasteiger partial charge in [-0.2, -0.15) is 5.26 Å². The van der Waals surface area contributed by atoms with Crippen molar-refractivity contribution in [3.63, 3.8) is 0 Å².